The molecule has 0 aliphatic heterocycles. The third-order valence-corrected chi connectivity index (χ3v) is 4.82. The number of nitrogens with one attached hydrogen (secondary N) is 1. The molecule has 0 atom stereocenters. The standard InChI is InChI=1S/C14H12N2O4S/c1-20-14(17)11-5-7-16(9-11)21(18,19)12-2-3-13-10(8-12)4-6-15-13/h2-9,15H,1H3. The normalized spacial score (nSPS) is 11.7. The summed E-state index contributed by atoms with van der Waals surface area (Å²) in [6, 6.07) is 8.00. The van der Waals surface area contributed by atoms with Crippen molar-refractivity contribution in [1.82, 2.24) is 8.96 Å². The summed E-state index contributed by atoms with van der Waals surface area (Å²) in [5, 5.41) is 0.802. The number of esters is 1. The lowest BCUT2D eigenvalue weighted by Gasteiger charge is -2.05. The van der Waals surface area contributed by atoms with Crippen LogP contribution >= 0.6 is 0 Å². The second-order valence-electron chi connectivity index (χ2n) is 4.45. The molecule has 2 aromatic heterocycles. The highest BCUT2D eigenvalue weighted by atomic mass is 32.2. The highest BCUT2D eigenvalue weighted by Crippen LogP contribution is 2.20. The van der Waals surface area contributed by atoms with E-state index in [2.05, 4.69) is 9.72 Å². The quantitative estimate of drug-likeness (QED) is 0.750. The molecule has 0 radical (unpaired) electrons. The van der Waals surface area contributed by atoms with Gasteiger partial charge < -0.3 is 9.72 Å². The second kappa shape index (κ2) is 4.78. The van der Waals surface area contributed by atoms with Gasteiger partial charge in [-0.15, -0.1) is 0 Å². The second-order valence-corrected chi connectivity index (χ2v) is 6.30. The minimum Gasteiger partial charge on any atom is -0.465 e. The molecule has 1 N–H and O–H groups in total. The third-order valence-electron chi connectivity index (χ3n) is 3.19. The van der Waals surface area contributed by atoms with Crippen molar-refractivity contribution < 1.29 is 17.9 Å². The van der Waals surface area contributed by atoms with Gasteiger partial charge in [-0.2, -0.15) is 0 Å². The molecule has 0 fully saturated rings. The van der Waals surface area contributed by atoms with E-state index < -0.39 is 16.0 Å². The Kier molecular flexibility index (Phi) is 3.06. The van der Waals surface area contributed by atoms with Crippen molar-refractivity contribution in [2.45, 2.75) is 4.90 Å². The van der Waals surface area contributed by atoms with E-state index in [0.717, 1.165) is 14.9 Å². The molecule has 0 unspecified atom stereocenters. The number of ether oxygens (including phenoxy) is 1. The number of hydrogen-bond acceptors (Lipinski definition) is 4. The molecule has 1 aromatic carbocycles. The Morgan fingerprint density at radius 1 is 1.24 bits per heavy atom. The molecule has 2 heterocycles. The highest BCUT2D eigenvalue weighted by Gasteiger charge is 2.19. The number of aromatic amines is 1. The van der Waals surface area contributed by atoms with E-state index in [1.807, 2.05) is 0 Å². The van der Waals surface area contributed by atoms with Gasteiger partial charge in [0.25, 0.3) is 10.0 Å². The predicted molar refractivity (Wildman–Crippen MR) is 76.7 cm³/mol. The SMILES string of the molecule is COC(=O)c1ccn(S(=O)(=O)c2ccc3[nH]ccc3c2)c1. The van der Waals surface area contributed by atoms with Gasteiger partial charge in [0, 0.05) is 29.5 Å². The number of aromatic nitrogens is 2. The van der Waals surface area contributed by atoms with Gasteiger partial charge in [0.1, 0.15) is 0 Å². The zero-order valence-corrected chi connectivity index (χ0v) is 11.9. The molecule has 0 amide bonds. The Bertz CT molecular complexity index is 921. The minimum atomic E-state index is -3.73. The van der Waals surface area contributed by atoms with E-state index in [9.17, 15) is 13.2 Å². The molecule has 21 heavy (non-hydrogen) atoms. The van der Waals surface area contributed by atoms with Crippen molar-refractivity contribution in [1.29, 1.82) is 0 Å². The maximum Gasteiger partial charge on any atom is 0.339 e. The molecule has 0 saturated heterocycles. The van der Waals surface area contributed by atoms with Crippen LogP contribution in [0.5, 0.6) is 0 Å². The summed E-state index contributed by atoms with van der Waals surface area (Å²) in [6.07, 6.45) is 4.30. The van der Waals surface area contributed by atoms with Crippen molar-refractivity contribution in [3.05, 3.63) is 54.5 Å². The molecule has 0 aliphatic rings. The van der Waals surface area contributed by atoms with E-state index in [0.29, 0.717) is 0 Å². The number of nitrogens with zero attached hydrogens (tertiary/aromatic N) is 1. The molecule has 3 aromatic rings. The Labute approximate surface area is 121 Å². The Morgan fingerprint density at radius 2 is 2.05 bits per heavy atom. The van der Waals surface area contributed by atoms with Crippen LogP contribution in [0.25, 0.3) is 10.9 Å². The van der Waals surface area contributed by atoms with E-state index in [1.54, 1.807) is 24.4 Å². The first-order valence-electron chi connectivity index (χ1n) is 6.11. The zero-order chi connectivity index (χ0) is 15.0. The maximum absolute atomic E-state index is 12.5. The zero-order valence-electron chi connectivity index (χ0n) is 11.1. The number of benzene rings is 1. The summed E-state index contributed by atoms with van der Waals surface area (Å²) in [5.74, 6) is -0.579. The van der Waals surface area contributed by atoms with Gasteiger partial charge in [0.2, 0.25) is 0 Å². The van der Waals surface area contributed by atoms with E-state index in [-0.39, 0.29) is 10.5 Å². The number of fused-ring (bicyclic) bond motifs is 1. The van der Waals surface area contributed by atoms with Gasteiger partial charge >= 0.3 is 5.97 Å². The Balaban J connectivity index is 2.06. The van der Waals surface area contributed by atoms with Crippen molar-refractivity contribution in [3.63, 3.8) is 0 Å². The van der Waals surface area contributed by atoms with Crippen molar-refractivity contribution in [2.24, 2.45) is 0 Å². The molecular formula is C14H12N2O4S. The fourth-order valence-corrected chi connectivity index (χ4v) is 3.31. The highest BCUT2D eigenvalue weighted by molar-refractivity contribution is 7.90. The van der Waals surface area contributed by atoms with Crippen molar-refractivity contribution in [3.8, 4) is 0 Å². The fraction of sp³-hybridized carbons (Fsp3) is 0.0714. The first-order valence-corrected chi connectivity index (χ1v) is 7.55. The smallest absolute Gasteiger partial charge is 0.339 e. The van der Waals surface area contributed by atoms with Crippen LogP contribution in [0.3, 0.4) is 0 Å². The van der Waals surface area contributed by atoms with Crippen LogP contribution in [0.4, 0.5) is 0 Å². The monoisotopic (exact) mass is 304 g/mol. The molecule has 0 saturated carbocycles. The summed E-state index contributed by atoms with van der Waals surface area (Å²) < 4.78 is 30.6. The molecule has 0 spiro atoms. The number of methoxy groups -OCH3 is 1. The average Bonchev–Trinajstić information content (AvgIpc) is 3.14. The summed E-state index contributed by atoms with van der Waals surface area (Å²) in [5.41, 5.74) is 1.04. The van der Waals surface area contributed by atoms with Crippen LogP contribution in [0, 0.1) is 0 Å². The van der Waals surface area contributed by atoms with Crippen molar-refractivity contribution in [2.75, 3.05) is 7.11 Å². The third kappa shape index (κ3) is 2.21. The first kappa shape index (κ1) is 13.4. The summed E-state index contributed by atoms with van der Waals surface area (Å²) in [7, 11) is -2.49. The van der Waals surface area contributed by atoms with Gasteiger partial charge in [-0.1, -0.05) is 0 Å². The molecule has 6 nitrogen and oxygen atoms in total. The summed E-state index contributed by atoms with van der Waals surface area (Å²) in [4.78, 5) is 14.6. The number of rotatable bonds is 3. The van der Waals surface area contributed by atoms with E-state index >= 15 is 0 Å². The Morgan fingerprint density at radius 3 is 2.81 bits per heavy atom. The number of H-pyrrole nitrogens is 1. The van der Waals surface area contributed by atoms with Crippen LogP contribution in [-0.4, -0.2) is 30.5 Å². The topological polar surface area (TPSA) is 81.2 Å². The average molecular weight is 304 g/mol. The maximum atomic E-state index is 12.5. The van der Waals surface area contributed by atoms with Crippen LogP contribution < -0.4 is 0 Å². The van der Waals surface area contributed by atoms with Gasteiger partial charge in [-0.3, -0.25) is 0 Å². The molecule has 3 rings (SSSR count). The fourth-order valence-electron chi connectivity index (χ4n) is 2.08. The summed E-state index contributed by atoms with van der Waals surface area (Å²) in [6.45, 7) is 0. The van der Waals surface area contributed by atoms with Crippen LogP contribution in [0.1, 0.15) is 10.4 Å². The van der Waals surface area contributed by atoms with Gasteiger partial charge in [0.05, 0.1) is 17.6 Å². The lowest BCUT2D eigenvalue weighted by atomic mass is 10.2. The number of carbonyl (C=O) groups excluding carboxylic acids is 1. The van der Waals surface area contributed by atoms with Gasteiger partial charge in [0.15, 0.2) is 0 Å². The molecule has 108 valence electrons. The van der Waals surface area contributed by atoms with E-state index in [1.165, 1.54) is 31.6 Å². The Hall–Kier alpha value is -2.54. The van der Waals surface area contributed by atoms with Crippen LogP contribution in [0.15, 0.2) is 53.8 Å². The molecule has 0 aliphatic carbocycles. The number of hydrogen-bond donors (Lipinski definition) is 1. The largest absolute Gasteiger partial charge is 0.465 e. The minimum absolute atomic E-state index is 0.154. The first-order chi connectivity index (χ1) is 10.0. The lowest BCUT2D eigenvalue weighted by Crippen LogP contribution is -2.11. The summed E-state index contributed by atoms with van der Waals surface area (Å²) >= 11 is 0. The van der Waals surface area contributed by atoms with Crippen LogP contribution in [-0.2, 0) is 14.8 Å². The molecule has 0 bridgehead atoms. The lowest BCUT2D eigenvalue weighted by molar-refractivity contribution is 0.0601. The van der Waals surface area contributed by atoms with Gasteiger partial charge in [-0.25, -0.2) is 17.2 Å². The number of carbonyl (C=O) groups is 1. The van der Waals surface area contributed by atoms with Gasteiger partial charge in [-0.05, 0) is 30.3 Å². The van der Waals surface area contributed by atoms with Crippen molar-refractivity contribution >= 4 is 26.9 Å². The van der Waals surface area contributed by atoms with E-state index in [4.69, 9.17) is 0 Å². The predicted octanol–water partition coefficient (Wildman–Crippen LogP) is 1.99. The molecular weight excluding hydrogens is 292 g/mol. The van der Waals surface area contributed by atoms with Crippen LogP contribution in [0.2, 0.25) is 0 Å². The molecule has 7 heteroatoms.